The summed E-state index contributed by atoms with van der Waals surface area (Å²) in [5, 5.41) is 2.76. The van der Waals surface area contributed by atoms with Gasteiger partial charge in [-0.05, 0) is 24.5 Å². The zero-order valence-corrected chi connectivity index (χ0v) is 14.2. The Labute approximate surface area is 136 Å². The van der Waals surface area contributed by atoms with E-state index in [4.69, 9.17) is 10.5 Å². The Kier molecular flexibility index (Phi) is 5.41. The SMILES string of the molecule is CN(C)S(=O)(=O)c1ccccc1CNC(=O)C1(N)CCOCC1. The highest BCUT2D eigenvalue weighted by atomic mass is 32.2. The van der Waals surface area contributed by atoms with Crippen molar-refractivity contribution < 1.29 is 17.9 Å². The molecule has 1 aliphatic rings. The van der Waals surface area contributed by atoms with Crippen LogP contribution in [0.5, 0.6) is 0 Å². The van der Waals surface area contributed by atoms with Gasteiger partial charge in [-0.2, -0.15) is 0 Å². The Morgan fingerprint density at radius 1 is 1.30 bits per heavy atom. The molecular weight excluding hydrogens is 318 g/mol. The molecular formula is C15H23N3O4S. The Hall–Kier alpha value is -1.48. The predicted molar refractivity (Wildman–Crippen MR) is 86.1 cm³/mol. The number of amides is 1. The summed E-state index contributed by atoms with van der Waals surface area (Å²) in [6.45, 7) is 1.02. The Morgan fingerprint density at radius 3 is 2.52 bits per heavy atom. The lowest BCUT2D eigenvalue weighted by Crippen LogP contribution is -2.56. The minimum absolute atomic E-state index is 0.113. The number of nitrogens with two attached hydrogens (primary N) is 1. The summed E-state index contributed by atoms with van der Waals surface area (Å²) in [6.07, 6.45) is 0.910. The summed E-state index contributed by atoms with van der Waals surface area (Å²) in [7, 11) is -0.617. The fourth-order valence-corrected chi connectivity index (χ4v) is 3.53. The number of nitrogens with one attached hydrogen (secondary N) is 1. The second-order valence-corrected chi connectivity index (χ2v) is 7.97. The highest BCUT2D eigenvalue weighted by molar-refractivity contribution is 7.89. The first kappa shape index (κ1) is 17.9. The van der Waals surface area contributed by atoms with Crippen LogP contribution < -0.4 is 11.1 Å². The van der Waals surface area contributed by atoms with Crippen LogP contribution in [0.15, 0.2) is 29.2 Å². The summed E-state index contributed by atoms with van der Waals surface area (Å²) in [5.74, 6) is -0.280. The molecule has 23 heavy (non-hydrogen) atoms. The van der Waals surface area contributed by atoms with E-state index in [1.165, 1.54) is 20.2 Å². The second kappa shape index (κ2) is 6.96. The molecule has 3 N–H and O–H groups in total. The molecule has 0 atom stereocenters. The van der Waals surface area contributed by atoms with Crippen molar-refractivity contribution in [3.8, 4) is 0 Å². The smallest absolute Gasteiger partial charge is 0.242 e. The van der Waals surface area contributed by atoms with Gasteiger partial charge in [-0.25, -0.2) is 12.7 Å². The average Bonchev–Trinajstić information content (AvgIpc) is 2.53. The zero-order chi connectivity index (χ0) is 17.1. The molecule has 8 heteroatoms. The fraction of sp³-hybridized carbons (Fsp3) is 0.533. The number of hydrogen-bond donors (Lipinski definition) is 2. The molecule has 0 aromatic heterocycles. The zero-order valence-electron chi connectivity index (χ0n) is 13.4. The van der Waals surface area contributed by atoms with Gasteiger partial charge in [-0.15, -0.1) is 0 Å². The van der Waals surface area contributed by atoms with E-state index in [-0.39, 0.29) is 17.3 Å². The van der Waals surface area contributed by atoms with Gasteiger partial charge in [0.2, 0.25) is 15.9 Å². The minimum atomic E-state index is -3.56. The highest BCUT2D eigenvalue weighted by Crippen LogP contribution is 2.20. The number of sulfonamides is 1. The van der Waals surface area contributed by atoms with Crippen LogP contribution >= 0.6 is 0 Å². The molecule has 1 aromatic rings. The van der Waals surface area contributed by atoms with Crippen LogP contribution in [0.25, 0.3) is 0 Å². The quantitative estimate of drug-likeness (QED) is 0.789. The van der Waals surface area contributed by atoms with Gasteiger partial charge < -0.3 is 15.8 Å². The van der Waals surface area contributed by atoms with E-state index in [0.717, 1.165) is 4.31 Å². The summed E-state index contributed by atoms with van der Waals surface area (Å²) in [6, 6.07) is 6.61. The van der Waals surface area contributed by atoms with Gasteiger partial charge in [0.1, 0.15) is 0 Å². The summed E-state index contributed by atoms with van der Waals surface area (Å²) in [5.41, 5.74) is 5.70. The van der Waals surface area contributed by atoms with E-state index in [1.807, 2.05) is 0 Å². The molecule has 128 valence electrons. The molecule has 1 fully saturated rings. The van der Waals surface area contributed by atoms with Crippen LogP contribution in [0.3, 0.4) is 0 Å². The minimum Gasteiger partial charge on any atom is -0.381 e. The lowest BCUT2D eigenvalue weighted by molar-refractivity contribution is -0.129. The third-order valence-corrected chi connectivity index (χ3v) is 5.92. The molecule has 1 aliphatic heterocycles. The van der Waals surface area contributed by atoms with E-state index >= 15 is 0 Å². The monoisotopic (exact) mass is 341 g/mol. The molecule has 0 spiro atoms. The molecule has 0 bridgehead atoms. The Bertz CT molecular complexity index is 667. The summed E-state index contributed by atoms with van der Waals surface area (Å²) < 4.78 is 31.0. The number of rotatable bonds is 5. The average molecular weight is 341 g/mol. The van der Waals surface area contributed by atoms with Crippen molar-refractivity contribution in [2.24, 2.45) is 5.73 Å². The first-order valence-electron chi connectivity index (χ1n) is 7.43. The molecule has 1 saturated heterocycles. The summed E-state index contributed by atoms with van der Waals surface area (Å²) >= 11 is 0. The van der Waals surface area contributed by atoms with E-state index in [2.05, 4.69) is 5.32 Å². The molecule has 0 unspecified atom stereocenters. The number of benzene rings is 1. The van der Waals surface area contributed by atoms with Gasteiger partial charge in [-0.3, -0.25) is 4.79 Å². The van der Waals surface area contributed by atoms with Crippen LogP contribution in [0.1, 0.15) is 18.4 Å². The molecule has 1 heterocycles. The first-order valence-corrected chi connectivity index (χ1v) is 8.87. The lowest BCUT2D eigenvalue weighted by atomic mass is 9.90. The van der Waals surface area contributed by atoms with Crippen LogP contribution in [0.2, 0.25) is 0 Å². The Balaban J connectivity index is 2.14. The molecule has 2 rings (SSSR count). The van der Waals surface area contributed by atoms with Crippen LogP contribution in [0, 0.1) is 0 Å². The van der Waals surface area contributed by atoms with Crippen molar-refractivity contribution in [2.75, 3.05) is 27.3 Å². The number of carbonyl (C=O) groups is 1. The van der Waals surface area contributed by atoms with Crippen molar-refractivity contribution in [2.45, 2.75) is 29.8 Å². The standard InChI is InChI=1S/C15H23N3O4S/c1-18(2)23(20,21)13-6-4-3-5-12(13)11-17-14(19)15(16)7-9-22-10-8-15/h3-6H,7-11,16H2,1-2H3,(H,17,19). The number of carbonyl (C=O) groups excluding carboxylic acids is 1. The Morgan fingerprint density at radius 2 is 1.91 bits per heavy atom. The molecule has 0 aliphatic carbocycles. The van der Waals surface area contributed by atoms with Gasteiger partial charge in [0.15, 0.2) is 0 Å². The normalized spacial score (nSPS) is 17.9. The van der Waals surface area contributed by atoms with Crippen molar-refractivity contribution in [1.29, 1.82) is 0 Å². The number of hydrogen-bond acceptors (Lipinski definition) is 5. The number of nitrogens with zero attached hydrogens (tertiary/aromatic N) is 1. The maximum atomic E-state index is 12.3. The van der Waals surface area contributed by atoms with E-state index < -0.39 is 15.6 Å². The van der Waals surface area contributed by atoms with Crippen molar-refractivity contribution in [3.63, 3.8) is 0 Å². The van der Waals surface area contributed by atoms with Crippen molar-refractivity contribution in [1.82, 2.24) is 9.62 Å². The largest absolute Gasteiger partial charge is 0.381 e. The van der Waals surface area contributed by atoms with E-state index in [9.17, 15) is 13.2 Å². The first-order chi connectivity index (χ1) is 10.8. The van der Waals surface area contributed by atoms with Crippen molar-refractivity contribution in [3.05, 3.63) is 29.8 Å². The molecule has 7 nitrogen and oxygen atoms in total. The van der Waals surface area contributed by atoms with Gasteiger partial charge in [0.25, 0.3) is 0 Å². The van der Waals surface area contributed by atoms with Crippen LogP contribution in [-0.4, -0.2) is 51.5 Å². The van der Waals surface area contributed by atoms with Gasteiger partial charge in [0, 0.05) is 33.9 Å². The van der Waals surface area contributed by atoms with E-state index in [0.29, 0.717) is 31.6 Å². The third kappa shape index (κ3) is 3.89. The van der Waals surface area contributed by atoms with Gasteiger partial charge >= 0.3 is 0 Å². The molecule has 1 amide bonds. The van der Waals surface area contributed by atoms with Crippen LogP contribution in [-0.2, 0) is 26.1 Å². The topological polar surface area (TPSA) is 102 Å². The third-order valence-electron chi connectivity index (χ3n) is 4.01. The van der Waals surface area contributed by atoms with E-state index in [1.54, 1.807) is 18.2 Å². The molecule has 1 aromatic carbocycles. The summed E-state index contributed by atoms with van der Waals surface area (Å²) in [4.78, 5) is 12.5. The molecule has 0 saturated carbocycles. The van der Waals surface area contributed by atoms with Crippen LogP contribution in [0.4, 0.5) is 0 Å². The van der Waals surface area contributed by atoms with Gasteiger partial charge in [-0.1, -0.05) is 18.2 Å². The molecule has 0 radical (unpaired) electrons. The second-order valence-electron chi connectivity index (χ2n) is 5.85. The maximum absolute atomic E-state index is 12.3. The lowest BCUT2D eigenvalue weighted by Gasteiger charge is -2.31. The fourth-order valence-electron chi connectivity index (χ4n) is 2.41. The maximum Gasteiger partial charge on any atom is 0.242 e. The van der Waals surface area contributed by atoms with Gasteiger partial charge in [0.05, 0.1) is 10.4 Å². The van der Waals surface area contributed by atoms with Crippen molar-refractivity contribution >= 4 is 15.9 Å². The predicted octanol–water partition coefficient (Wildman–Crippen LogP) is 0.0610. The number of ether oxygens (including phenoxy) is 1. The highest BCUT2D eigenvalue weighted by Gasteiger charge is 2.35.